The van der Waals surface area contributed by atoms with Crippen molar-refractivity contribution < 1.29 is 0 Å². The first-order valence-electron chi connectivity index (χ1n) is 27.9. The summed E-state index contributed by atoms with van der Waals surface area (Å²) in [6, 6.07) is 93.8. The summed E-state index contributed by atoms with van der Waals surface area (Å²) >= 11 is 0. The third-order valence-electron chi connectivity index (χ3n) is 15.8. The zero-order valence-corrected chi connectivity index (χ0v) is 45.0. The fourth-order valence-corrected chi connectivity index (χ4v) is 11.6. The predicted octanol–water partition coefficient (Wildman–Crippen LogP) is 20.7. The summed E-state index contributed by atoms with van der Waals surface area (Å²) < 4.78 is 2.38. The van der Waals surface area contributed by atoms with Crippen molar-refractivity contribution in [3.05, 3.63) is 314 Å². The van der Waals surface area contributed by atoms with Gasteiger partial charge in [-0.25, -0.2) is 9.97 Å². The lowest BCUT2D eigenvalue weighted by atomic mass is 9.84. The molecule has 0 amide bonds. The van der Waals surface area contributed by atoms with Crippen molar-refractivity contribution in [3.63, 3.8) is 0 Å². The molecule has 3 nitrogen and oxygen atoms in total. The van der Waals surface area contributed by atoms with Crippen LogP contribution >= 0.6 is 0 Å². The van der Waals surface area contributed by atoms with E-state index in [0.29, 0.717) is 11.7 Å². The van der Waals surface area contributed by atoms with Gasteiger partial charge in [-0.1, -0.05) is 244 Å². The average molecular weight is 1030 g/mol. The molecule has 0 spiro atoms. The molecule has 382 valence electrons. The lowest BCUT2D eigenvalue weighted by Crippen LogP contribution is -2.03. The molecule has 0 bridgehead atoms. The van der Waals surface area contributed by atoms with Crippen LogP contribution in [0.5, 0.6) is 0 Å². The highest BCUT2D eigenvalue weighted by molar-refractivity contribution is 6.09. The molecule has 0 N–H and O–H groups in total. The van der Waals surface area contributed by atoms with Crippen LogP contribution < -0.4 is 0 Å². The number of allylic oxidation sites excluding steroid dienone is 8. The van der Waals surface area contributed by atoms with E-state index in [1.807, 2.05) is 0 Å². The van der Waals surface area contributed by atoms with Gasteiger partial charge >= 0.3 is 0 Å². The Balaban J connectivity index is 0.866. The molecule has 0 fully saturated rings. The molecule has 2 heterocycles. The Kier molecular flexibility index (Phi) is 13.8. The van der Waals surface area contributed by atoms with E-state index in [1.54, 1.807) is 0 Å². The second-order valence-electron chi connectivity index (χ2n) is 20.7. The smallest absolute Gasteiger partial charge is 0.160 e. The van der Waals surface area contributed by atoms with Crippen molar-refractivity contribution >= 4 is 27.4 Å². The Hall–Kier alpha value is -9.96. The fraction of sp³-hybridized carbons (Fsp3) is 0.0649. The van der Waals surface area contributed by atoms with Crippen LogP contribution in [0.1, 0.15) is 43.7 Å². The predicted molar refractivity (Wildman–Crippen MR) is 337 cm³/mol. The van der Waals surface area contributed by atoms with Crippen LogP contribution in [-0.4, -0.2) is 14.5 Å². The van der Waals surface area contributed by atoms with Crippen molar-refractivity contribution in [2.75, 3.05) is 0 Å². The van der Waals surface area contributed by atoms with Gasteiger partial charge in [0.25, 0.3) is 0 Å². The molecule has 1 aliphatic rings. The monoisotopic (exact) mass is 1030 g/mol. The van der Waals surface area contributed by atoms with Gasteiger partial charge in [-0.2, -0.15) is 0 Å². The Labute approximate surface area is 469 Å². The first kappa shape index (κ1) is 49.6. The van der Waals surface area contributed by atoms with Crippen LogP contribution in [0.15, 0.2) is 302 Å². The molecular weight excluding hydrogens is 967 g/mol. The summed E-state index contributed by atoms with van der Waals surface area (Å²) in [5.74, 6) is 1.03. The number of rotatable bonds is 13. The molecule has 0 saturated carbocycles. The molecular formula is C77H59N3. The maximum atomic E-state index is 5.44. The van der Waals surface area contributed by atoms with E-state index in [0.717, 1.165) is 74.4 Å². The van der Waals surface area contributed by atoms with Gasteiger partial charge in [0.2, 0.25) is 0 Å². The maximum Gasteiger partial charge on any atom is 0.160 e. The SMILES string of the molecule is C/C=C(\C=C(/CC)C1=CC=C[C@H](c2ccccc2)C1)c1cccc(-c2cc(-c3ccc(-c4cccc(-c5cccc(-c6ccccc6)c5)c4)cc3)nc(-c3cccc(-c4cccc(-n5c6ccccc6c6ccccc65)c4)c3)n2)c1. The van der Waals surface area contributed by atoms with Gasteiger partial charge in [-0.15, -0.1) is 0 Å². The highest BCUT2D eigenvalue weighted by atomic mass is 15.0. The largest absolute Gasteiger partial charge is 0.309 e. The van der Waals surface area contributed by atoms with Gasteiger partial charge in [0.05, 0.1) is 22.4 Å². The molecule has 13 rings (SSSR count). The zero-order valence-electron chi connectivity index (χ0n) is 45.0. The minimum atomic E-state index is 0.359. The summed E-state index contributed by atoms with van der Waals surface area (Å²) in [6.07, 6.45) is 13.4. The number of hydrogen-bond acceptors (Lipinski definition) is 2. The summed E-state index contributed by atoms with van der Waals surface area (Å²) in [5.41, 5.74) is 23.9. The fourth-order valence-electron chi connectivity index (χ4n) is 11.6. The normalized spacial score (nSPS) is 13.7. The zero-order chi connectivity index (χ0) is 53.8. The van der Waals surface area contributed by atoms with Gasteiger partial charge in [-0.3, -0.25) is 0 Å². The lowest BCUT2D eigenvalue weighted by Gasteiger charge is -2.21. The van der Waals surface area contributed by atoms with Crippen molar-refractivity contribution in [3.8, 4) is 84.1 Å². The Morgan fingerprint density at radius 3 is 1.57 bits per heavy atom. The molecule has 2 aromatic heterocycles. The van der Waals surface area contributed by atoms with E-state index in [2.05, 4.69) is 310 Å². The molecule has 3 heteroatoms. The van der Waals surface area contributed by atoms with Crippen molar-refractivity contribution in [1.82, 2.24) is 14.5 Å². The number of para-hydroxylation sites is 2. The van der Waals surface area contributed by atoms with Crippen LogP contribution in [0, 0.1) is 0 Å². The first-order valence-corrected chi connectivity index (χ1v) is 27.9. The minimum Gasteiger partial charge on any atom is -0.309 e. The molecule has 10 aromatic carbocycles. The second-order valence-corrected chi connectivity index (χ2v) is 20.7. The van der Waals surface area contributed by atoms with Gasteiger partial charge in [0.15, 0.2) is 5.82 Å². The summed E-state index contributed by atoms with van der Waals surface area (Å²) in [5, 5.41) is 2.49. The van der Waals surface area contributed by atoms with Crippen molar-refractivity contribution in [2.45, 2.75) is 32.6 Å². The number of fused-ring (bicyclic) bond motifs is 3. The molecule has 80 heavy (non-hydrogen) atoms. The van der Waals surface area contributed by atoms with E-state index in [9.17, 15) is 0 Å². The van der Waals surface area contributed by atoms with E-state index >= 15 is 0 Å². The second kappa shape index (κ2) is 22.2. The van der Waals surface area contributed by atoms with Crippen LogP contribution in [-0.2, 0) is 0 Å². The van der Waals surface area contributed by atoms with E-state index in [-0.39, 0.29) is 0 Å². The van der Waals surface area contributed by atoms with Crippen molar-refractivity contribution in [2.24, 2.45) is 0 Å². The van der Waals surface area contributed by atoms with Crippen LogP contribution in [0.25, 0.3) is 111 Å². The van der Waals surface area contributed by atoms with Crippen LogP contribution in [0.2, 0.25) is 0 Å². The number of benzene rings is 10. The van der Waals surface area contributed by atoms with Gasteiger partial charge in [0, 0.05) is 39.1 Å². The molecule has 0 unspecified atom stereocenters. The van der Waals surface area contributed by atoms with Gasteiger partial charge in [0.1, 0.15) is 0 Å². The number of nitrogens with zero attached hydrogens (tertiary/aromatic N) is 3. The third kappa shape index (κ3) is 10.1. The molecule has 1 aliphatic carbocycles. The summed E-state index contributed by atoms with van der Waals surface area (Å²) in [7, 11) is 0. The van der Waals surface area contributed by atoms with Crippen molar-refractivity contribution in [1.29, 1.82) is 0 Å². The molecule has 0 radical (unpaired) electrons. The molecule has 0 saturated heterocycles. The topological polar surface area (TPSA) is 30.7 Å². The average Bonchev–Trinajstić information content (AvgIpc) is 3.91. The Morgan fingerprint density at radius 2 is 0.938 bits per heavy atom. The van der Waals surface area contributed by atoms with Gasteiger partial charge < -0.3 is 4.57 Å². The first-order chi connectivity index (χ1) is 39.5. The highest BCUT2D eigenvalue weighted by Gasteiger charge is 2.19. The quantitative estimate of drug-likeness (QED) is 0.108. The summed E-state index contributed by atoms with van der Waals surface area (Å²) in [4.78, 5) is 10.8. The maximum absolute atomic E-state index is 5.44. The van der Waals surface area contributed by atoms with E-state index in [4.69, 9.17) is 9.97 Å². The van der Waals surface area contributed by atoms with Crippen LogP contribution in [0.3, 0.4) is 0 Å². The minimum absolute atomic E-state index is 0.359. The highest BCUT2D eigenvalue weighted by Crippen LogP contribution is 2.38. The Bertz CT molecular complexity index is 4310. The third-order valence-corrected chi connectivity index (χ3v) is 15.8. The molecule has 1 atom stereocenters. The standard InChI is InChI=1S/C77H59N3/c1-3-53(59-25-15-27-61(46-59)55-21-7-5-8-22-55)45-54(4-2)60-26-18-34-68(49-60)74-52-73(58-43-41-57(42-44-58)63-29-17-31-65(48-63)64-30-16-28-62(47-64)56-23-9-6-10-24-56)78-77(79-74)69-35-19-32-66(50-69)67-33-20-36-70(51-67)80-75-39-13-11-37-71(75)72-38-12-14-40-76(72)80/h4-45,47-52,61H,3,46H2,1-2H3/b53-45+,54-4+/t61-/m0/s1. The molecule has 12 aromatic rings. The molecule has 0 aliphatic heterocycles. The summed E-state index contributed by atoms with van der Waals surface area (Å²) in [6.45, 7) is 4.41. The number of aromatic nitrogens is 3. The van der Waals surface area contributed by atoms with E-state index in [1.165, 1.54) is 66.3 Å². The van der Waals surface area contributed by atoms with Gasteiger partial charge in [-0.05, 0) is 147 Å². The number of hydrogen-bond donors (Lipinski definition) is 0. The van der Waals surface area contributed by atoms with E-state index < -0.39 is 0 Å². The Morgan fingerprint density at radius 1 is 0.450 bits per heavy atom. The lowest BCUT2D eigenvalue weighted by molar-refractivity contribution is 0.810. The van der Waals surface area contributed by atoms with Crippen LogP contribution in [0.4, 0.5) is 0 Å².